The monoisotopic (exact) mass is 279 g/mol. The van der Waals surface area contributed by atoms with Gasteiger partial charge in [-0.3, -0.25) is 4.79 Å². The number of carbonyl (C=O) groups is 1. The fourth-order valence-corrected chi connectivity index (χ4v) is 1.96. The van der Waals surface area contributed by atoms with Crippen LogP contribution in [0.2, 0.25) is 5.02 Å². The zero-order valence-corrected chi connectivity index (χ0v) is 11.4. The molecule has 1 aromatic heterocycles. The number of furan rings is 1. The molecule has 2 aromatic rings. The summed E-state index contributed by atoms with van der Waals surface area (Å²) in [6.45, 7) is 2.26. The summed E-state index contributed by atoms with van der Waals surface area (Å²) in [5.74, 6) is 0.392. The Kier molecular flexibility index (Phi) is 3.81. The zero-order chi connectivity index (χ0) is 14.0. The maximum atomic E-state index is 12.2. The molecule has 100 valence electrons. The Bertz CT molecular complexity index is 606. The normalized spacial score (nSPS) is 10.5. The predicted octanol–water partition coefficient (Wildman–Crippen LogP) is 3.22. The van der Waals surface area contributed by atoms with E-state index in [0.717, 1.165) is 11.3 Å². The molecule has 0 saturated heterocycles. The number of nitrogens with zero attached hydrogens (tertiary/aromatic N) is 1. The lowest BCUT2D eigenvalue weighted by atomic mass is 10.1. The second-order valence-corrected chi connectivity index (χ2v) is 4.76. The fourth-order valence-electron chi connectivity index (χ4n) is 1.79. The van der Waals surface area contributed by atoms with E-state index in [1.165, 1.54) is 17.0 Å². The molecular formula is C14H14ClNO3. The number of phenolic OH excluding ortho intramolecular Hbond substituents is 1. The van der Waals surface area contributed by atoms with Crippen molar-refractivity contribution in [3.8, 4) is 5.75 Å². The van der Waals surface area contributed by atoms with Gasteiger partial charge in [-0.1, -0.05) is 11.6 Å². The summed E-state index contributed by atoms with van der Waals surface area (Å²) in [6.07, 6.45) is 1.59. The molecule has 5 heteroatoms. The summed E-state index contributed by atoms with van der Waals surface area (Å²) >= 11 is 5.74. The van der Waals surface area contributed by atoms with E-state index in [2.05, 4.69) is 0 Å². The van der Waals surface area contributed by atoms with Crippen LogP contribution in [0.5, 0.6) is 5.75 Å². The molecule has 0 radical (unpaired) electrons. The third-order valence-electron chi connectivity index (χ3n) is 2.91. The number of carbonyl (C=O) groups excluding carboxylic acids is 1. The van der Waals surface area contributed by atoms with E-state index in [1.807, 2.05) is 13.0 Å². The first kappa shape index (κ1) is 13.5. The van der Waals surface area contributed by atoms with Gasteiger partial charge in [-0.25, -0.2) is 0 Å². The largest absolute Gasteiger partial charge is 0.507 e. The van der Waals surface area contributed by atoms with Crippen LogP contribution in [0.4, 0.5) is 0 Å². The van der Waals surface area contributed by atoms with Gasteiger partial charge in [-0.2, -0.15) is 0 Å². The first-order valence-corrected chi connectivity index (χ1v) is 6.14. The van der Waals surface area contributed by atoms with E-state index in [1.54, 1.807) is 19.4 Å². The smallest absolute Gasteiger partial charge is 0.257 e. The van der Waals surface area contributed by atoms with E-state index in [0.29, 0.717) is 11.6 Å². The van der Waals surface area contributed by atoms with E-state index in [9.17, 15) is 9.90 Å². The minimum Gasteiger partial charge on any atom is -0.507 e. The molecule has 2 rings (SSSR count). The first-order valence-electron chi connectivity index (χ1n) is 5.76. The number of phenols is 1. The molecule has 0 atom stereocenters. The Morgan fingerprint density at radius 1 is 1.42 bits per heavy atom. The number of amides is 1. The highest BCUT2D eigenvalue weighted by Crippen LogP contribution is 2.23. The molecule has 0 aliphatic rings. The minimum absolute atomic E-state index is 0.117. The van der Waals surface area contributed by atoms with Gasteiger partial charge in [-0.05, 0) is 31.2 Å². The summed E-state index contributed by atoms with van der Waals surface area (Å²) in [4.78, 5) is 13.7. The summed E-state index contributed by atoms with van der Waals surface area (Å²) < 4.78 is 5.19. The zero-order valence-electron chi connectivity index (χ0n) is 10.7. The second-order valence-electron chi connectivity index (χ2n) is 4.32. The average Bonchev–Trinajstić information content (AvgIpc) is 2.74. The number of halogens is 1. The van der Waals surface area contributed by atoms with E-state index in [-0.39, 0.29) is 17.2 Å². The van der Waals surface area contributed by atoms with Gasteiger partial charge in [0.1, 0.15) is 11.5 Å². The highest BCUT2D eigenvalue weighted by atomic mass is 35.5. The van der Waals surface area contributed by atoms with Gasteiger partial charge in [0.05, 0.1) is 11.8 Å². The van der Waals surface area contributed by atoms with Crippen molar-refractivity contribution in [1.29, 1.82) is 0 Å². The number of benzene rings is 1. The topological polar surface area (TPSA) is 53.7 Å². The van der Waals surface area contributed by atoms with Crippen LogP contribution in [-0.2, 0) is 6.54 Å². The Labute approximate surface area is 116 Å². The van der Waals surface area contributed by atoms with Gasteiger partial charge < -0.3 is 14.4 Å². The number of aryl methyl sites for hydroxylation is 1. The molecule has 0 spiro atoms. The molecular weight excluding hydrogens is 266 g/mol. The van der Waals surface area contributed by atoms with Crippen LogP contribution in [-0.4, -0.2) is 23.0 Å². The Morgan fingerprint density at radius 3 is 2.74 bits per heavy atom. The molecule has 0 aliphatic carbocycles. The lowest BCUT2D eigenvalue weighted by Gasteiger charge is -2.17. The van der Waals surface area contributed by atoms with Crippen molar-refractivity contribution in [2.45, 2.75) is 13.5 Å². The van der Waals surface area contributed by atoms with Crippen molar-refractivity contribution in [1.82, 2.24) is 4.90 Å². The first-order chi connectivity index (χ1) is 8.99. The third-order valence-corrected chi connectivity index (χ3v) is 3.15. The summed E-state index contributed by atoms with van der Waals surface area (Å²) in [5.41, 5.74) is 1.16. The fraction of sp³-hybridized carbons (Fsp3) is 0.214. The van der Waals surface area contributed by atoms with Crippen molar-refractivity contribution in [3.63, 3.8) is 0 Å². The molecule has 0 unspecified atom stereocenters. The summed E-state index contributed by atoms with van der Waals surface area (Å²) in [7, 11) is 1.67. The minimum atomic E-state index is -0.269. The van der Waals surface area contributed by atoms with Crippen LogP contribution < -0.4 is 0 Å². The van der Waals surface area contributed by atoms with Crippen molar-refractivity contribution in [3.05, 3.63) is 52.4 Å². The Morgan fingerprint density at radius 2 is 2.16 bits per heavy atom. The van der Waals surface area contributed by atoms with Crippen LogP contribution in [0.15, 0.2) is 34.9 Å². The lowest BCUT2D eigenvalue weighted by molar-refractivity contribution is 0.0781. The Balaban J connectivity index is 2.17. The van der Waals surface area contributed by atoms with Gasteiger partial charge >= 0.3 is 0 Å². The maximum absolute atomic E-state index is 12.2. The number of aromatic hydroxyl groups is 1. The van der Waals surface area contributed by atoms with Crippen molar-refractivity contribution < 1.29 is 14.3 Å². The van der Waals surface area contributed by atoms with Crippen molar-refractivity contribution in [2.24, 2.45) is 0 Å². The van der Waals surface area contributed by atoms with Crippen LogP contribution in [0.3, 0.4) is 0 Å². The van der Waals surface area contributed by atoms with E-state index < -0.39 is 0 Å². The molecule has 19 heavy (non-hydrogen) atoms. The van der Waals surface area contributed by atoms with E-state index in [4.69, 9.17) is 16.0 Å². The third kappa shape index (κ3) is 2.90. The summed E-state index contributed by atoms with van der Waals surface area (Å²) in [6, 6.07) is 6.26. The van der Waals surface area contributed by atoms with Gasteiger partial charge in [0.2, 0.25) is 0 Å². The SMILES string of the molecule is Cc1occc1CN(C)C(=O)c1ccc(Cl)cc1O. The standard InChI is InChI=1S/C14H14ClNO3/c1-9-10(5-6-19-9)8-16(2)14(18)12-4-3-11(15)7-13(12)17/h3-7,17H,8H2,1-2H3. The van der Waals surface area contributed by atoms with Crippen molar-refractivity contribution >= 4 is 17.5 Å². The maximum Gasteiger partial charge on any atom is 0.257 e. The average molecular weight is 280 g/mol. The van der Waals surface area contributed by atoms with Gasteiger partial charge in [0.15, 0.2) is 0 Å². The van der Waals surface area contributed by atoms with E-state index >= 15 is 0 Å². The number of hydrogen-bond donors (Lipinski definition) is 1. The second kappa shape index (κ2) is 5.36. The van der Waals surface area contributed by atoms with Gasteiger partial charge in [0.25, 0.3) is 5.91 Å². The Hall–Kier alpha value is -1.94. The summed E-state index contributed by atoms with van der Waals surface area (Å²) in [5, 5.41) is 10.1. The quantitative estimate of drug-likeness (QED) is 0.938. The molecule has 0 bridgehead atoms. The van der Waals surface area contributed by atoms with Crippen LogP contribution in [0.1, 0.15) is 21.7 Å². The molecule has 1 heterocycles. The lowest BCUT2D eigenvalue weighted by Crippen LogP contribution is -2.26. The van der Waals surface area contributed by atoms with Crippen LogP contribution >= 0.6 is 11.6 Å². The number of rotatable bonds is 3. The van der Waals surface area contributed by atoms with Crippen LogP contribution in [0, 0.1) is 6.92 Å². The highest BCUT2D eigenvalue weighted by Gasteiger charge is 2.17. The molecule has 1 aromatic carbocycles. The molecule has 0 fully saturated rings. The molecule has 0 saturated carbocycles. The van der Waals surface area contributed by atoms with Crippen LogP contribution in [0.25, 0.3) is 0 Å². The molecule has 1 amide bonds. The van der Waals surface area contributed by atoms with Gasteiger partial charge in [0, 0.05) is 24.2 Å². The van der Waals surface area contributed by atoms with Crippen molar-refractivity contribution in [2.75, 3.05) is 7.05 Å². The molecule has 0 aliphatic heterocycles. The molecule has 4 nitrogen and oxygen atoms in total. The molecule has 1 N–H and O–H groups in total. The number of hydrogen-bond acceptors (Lipinski definition) is 3. The predicted molar refractivity (Wildman–Crippen MR) is 72.4 cm³/mol. The highest BCUT2D eigenvalue weighted by molar-refractivity contribution is 6.30. The van der Waals surface area contributed by atoms with Gasteiger partial charge in [-0.15, -0.1) is 0 Å².